The summed E-state index contributed by atoms with van der Waals surface area (Å²) in [7, 11) is 0. The number of amides is 5. The Labute approximate surface area is 204 Å². The molecule has 0 aliphatic carbocycles. The third-order valence-corrected chi connectivity index (χ3v) is 5.67. The molecular weight excluding hydrogens is 456 g/mol. The molecule has 0 aromatic heterocycles. The maximum absolute atomic E-state index is 13.1. The Morgan fingerprint density at radius 2 is 1.74 bits per heavy atom. The fraction of sp³-hybridized carbons (Fsp3) is 0.522. The van der Waals surface area contributed by atoms with E-state index >= 15 is 0 Å². The van der Waals surface area contributed by atoms with Crippen LogP contribution in [0.5, 0.6) is 0 Å². The predicted octanol–water partition coefficient (Wildman–Crippen LogP) is -0.465. The lowest BCUT2D eigenvalue weighted by Crippen LogP contribution is -2.56. The van der Waals surface area contributed by atoms with E-state index in [9.17, 15) is 24.0 Å². The Balaban J connectivity index is 2.04. The summed E-state index contributed by atoms with van der Waals surface area (Å²) in [5.74, 6) is 2.99. The lowest BCUT2D eigenvalue weighted by atomic mass is 10.0. The molecule has 0 unspecified atom stereocenters. The number of likely N-dealkylation sites (tertiary alicyclic amines) is 1. The first-order valence-corrected chi connectivity index (χ1v) is 11.5. The van der Waals surface area contributed by atoms with Gasteiger partial charge in [0.05, 0.1) is 0 Å². The van der Waals surface area contributed by atoms with Crippen molar-refractivity contribution in [1.82, 2.24) is 26.0 Å². The highest BCUT2D eigenvalue weighted by atomic mass is 16.5. The van der Waals surface area contributed by atoms with Crippen molar-refractivity contribution < 1.29 is 29.2 Å². The number of rotatable bonds is 10. The van der Waals surface area contributed by atoms with Crippen molar-refractivity contribution in [3.8, 4) is 0 Å². The molecule has 0 saturated carbocycles. The molecule has 12 nitrogen and oxygen atoms in total. The SMILES string of the molecule is CC(C)C[C@@H](NC(=O)[C@@H]1CCCN1C(=O)CN(N)C(=O)c1ccccc1)C(=O)N[C@H](C)C(=O)NO. The molecule has 0 radical (unpaired) electrons. The smallest absolute Gasteiger partial charge is 0.268 e. The monoisotopic (exact) mass is 490 g/mol. The summed E-state index contributed by atoms with van der Waals surface area (Å²) in [5.41, 5.74) is 1.80. The molecule has 1 aromatic rings. The number of carbonyl (C=O) groups excluding carboxylic acids is 5. The molecule has 1 fully saturated rings. The van der Waals surface area contributed by atoms with Crippen molar-refractivity contribution in [2.24, 2.45) is 11.8 Å². The van der Waals surface area contributed by atoms with Crippen molar-refractivity contribution in [3.63, 3.8) is 0 Å². The van der Waals surface area contributed by atoms with Gasteiger partial charge in [-0.25, -0.2) is 11.3 Å². The van der Waals surface area contributed by atoms with Gasteiger partial charge in [0.25, 0.3) is 11.8 Å². The number of carbonyl (C=O) groups is 5. The molecule has 12 heteroatoms. The van der Waals surface area contributed by atoms with Crippen molar-refractivity contribution in [2.45, 2.75) is 58.2 Å². The van der Waals surface area contributed by atoms with Gasteiger partial charge in [0.1, 0.15) is 24.7 Å². The summed E-state index contributed by atoms with van der Waals surface area (Å²) in [6, 6.07) is 5.53. The highest BCUT2D eigenvalue weighted by molar-refractivity contribution is 5.97. The summed E-state index contributed by atoms with van der Waals surface area (Å²) < 4.78 is 0. The second kappa shape index (κ2) is 12.8. The number of nitrogens with two attached hydrogens (primary N) is 1. The Morgan fingerprint density at radius 3 is 2.34 bits per heavy atom. The van der Waals surface area contributed by atoms with E-state index in [0.717, 1.165) is 5.01 Å². The van der Waals surface area contributed by atoms with Crippen molar-refractivity contribution in [3.05, 3.63) is 35.9 Å². The minimum Gasteiger partial charge on any atom is -0.343 e. The molecular formula is C23H34N6O6. The Hall–Kier alpha value is -3.51. The van der Waals surface area contributed by atoms with E-state index in [1.165, 1.54) is 17.3 Å². The molecule has 6 N–H and O–H groups in total. The fourth-order valence-electron chi connectivity index (χ4n) is 3.84. The topological polar surface area (TPSA) is 174 Å². The molecule has 0 bridgehead atoms. The molecule has 35 heavy (non-hydrogen) atoms. The van der Waals surface area contributed by atoms with Crippen LogP contribution in [0.3, 0.4) is 0 Å². The number of hydrazine groups is 1. The molecule has 3 atom stereocenters. The maximum Gasteiger partial charge on any atom is 0.268 e. The molecule has 1 saturated heterocycles. The summed E-state index contributed by atoms with van der Waals surface area (Å²) in [6.45, 7) is 5.06. The van der Waals surface area contributed by atoms with Gasteiger partial charge in [-0.1, -0.05) is 32.0 Å². The number of hydrogen-bond donors (Lipinski definition) is 5. The molecule has 1 aromatic carbocycles. The summed E-state index contributed by atoms with van der Waals surface area (Å²) in [4.78, 5) is 64.0. The average Bonchev–Trinajstić information content (AvgIpc) is 3.33. The Bertz CT molecular complexity index is 924. The zero-order valence-corrected chi connectivity index (χ0v) is 20.2. The number of nitrogens with zero attached hydrogens (tertiary/aromatic N) is 2. The van der Waals surface area contributed by atoms with Crippen molar-refractivity contribution in [1.29, 1.82) is 0 Å². The van der Waals surface area contributed by atoms with Gasteiger partial charge in [0.2, 0.25) is 17.7 Å². The molecule has 0 spiro atoms. The van der Waals surface area contributed by atoms with Gasteiger partial charge >= 0.3 is 0 Å². The van der Waals surface area contributed by atoms with Crippen LogP contribution in [0.25, 0.3) is 0 Å². The molecule has 5 amide bonds. The normalized spacial score (nSPS) is 16.9. The highest BCUT2D eigenvalue weighted by Crippen LogP contribution is 2.19. The summed E-state index contributed by atoms with van der Waals surface area (Å²) in [6.07, 6.45) is 1.28. The standard InChI is InChI=1S/C23H34N6O6/c1-14(2)12-17(21(32)25-15(3)20(31)27-35)26-22(33)18-10-7-11-28(18)19(30)13-29(24)23(34)16-8-5-4-6-9-16/h4-6,8-9,14-15,17-18,35H,7,10-13,24H2,1-3H3,(H,25,32)(H,26,33)(H,27,31)/t15-,17-,18+/m1/s1. The zero-order valence-electron chi connectivity index (χ0n) is 20.2. The van der Waals surface area contributed by atoms with Crippen LogP contribution in [0.1, 0.15) is 50.4 Å². The lowest BCUT2D eigenvalue weighted by molar-refractivity contribution is -0.140. The fourth-order valence-corrected chi connectivity index (χ4v) is 3.84. The van der Waals surface area contributed by atoms with Gasteiger partial charge in [-0.15, -0.1) is 0 Å². The molecule has 1 aliphatic rings. The number of hydrogen-bond acceptors (Lipinski definition) is 7. The van der Waals surface area contributed by atoms with Gasteiger partial charge in [-0.05, 0) is 44.2 Å². The number of benzene rings is 1. The molecule has 192 valence electrons. The van der Waals surface area contributed by atoms with Crippen LogP contribution in [0.2, 0.25) is 0 Å². The maximum atomic E-state index is 13.1. The van der Waals surface area contributed by atoms with Crippen LogP contribution in [-0.2, 0) is 19.2 Å². The van der Waals surface area contributed by atoms with E-state index < -0.39 is 54.2 Å². The van der Waals surface area contributed by atoms with E-state index in [4.69, 9.17) is 11.0 Å². The van der Waals surface area contributed by atoms with E-state index in [1.54, 1.807) is 30.3 Å². The average molecular weight is 491 g/mol. The summed E-state index contributed by atoms with van der Waals surface area (Å²) in [5, 5.41) is 14.7. The Kier molecular flexibility index (Phi) is 10.2. The molecule has 2 rings (SSSR count). The third-order valence-electron chi connectivity index (χ3n) is 5.67. The second-order valence-corrected chi connectivity index (χ2v) is 8.94. The minimum absolute atomic E-state index is 0.0455. The van der Waals surface area contributed by atoms with Crippen molar-refractivity contribution >= 4 is 29.5 Å². The summed E-state index contributed by atoms with van der Waals surface area (Å²) >= 11 is 0. The van der Waals surface area contributed by atoms with E-state index in [-0.39, 0.29) is 5.92 Å². The van der Waals surface area contributed by atoms with Crippen LogP contribution in [-0.4, -0.2) is 75.9 Å². The first-order chi connectivity index (χ1) is 16.5. The molecule has 1 aliphatic heterocycles. The van der Waals surface area contributed by atoms with Gasteiger partial charge < -0.3 is 15.5 Å². The van der Waals surface area contributed by atoms with Crippen molar-refractivity contribution in [2.75, 3.05) is 13.1 Å². The van der Waals surface area contributed by atoms with Crippen LogP contribution < -0.4 is 22.0 Å². The number of hydroxylamine groups is 1. The first-order valence-electron chi connectivity index (χ1n) is 11.5. The zero-order chi connectivity index (χ0) is 26.1. The minimum atomic E-state index is -1.01. The van der Waals surface area contributed by atoms with Gasteiger partial charge in [-0.3, -0.25) is 34.2 Å². The Morgan fingerprint density at radius 1 is 1.09 bits per heavy atom. The van der Waals surface area contributed by atoms with Gasteiger partial charge in [-0.2, -0.15) is 0 Å². The van der Waals surface area contributed by atoms with Crippen LogP contribution >= 0.6 is 0 Å². The highest BCUT2D eigenvalue weighted by Gasteiger charge is 2.37. The van der Waals surface area contributed by atoms with Gasteiger partial charge in [0.15, 0.2) is 0 Å². The van der Waals surface area contributed by atoms with Crippen LogP contribution in [0.15, 0.2) is 30.3 Å². The quantitative estimate of drug-likeness (QED) is 0.128. The van der Waals surface area contributed by atoms with Crippen LogP contribution in [0, 0.1) is 5.92 Å². The number of nitrogens with one attached hydrogen (secondary N) is 3. The predicted molar refractivity (Wildman–Crippen MR) is 125 cm³/mol. The van der Waals surface area contributed by atoms with E-state index in [1.807, 2.05) is 13.8 Å². The van der Waals surface area contributed by atoms with Gasteiger partial charge in [0, 0.05) is 12.1 Å². The largest absolute Gasteiger partial charge is 0.343 e. The van der Waals surface area contributed by atoms with E-state index in [2.05, 4.69) is 10.6 Å². The van der Waals surface area contributed by atoms with E-state index in [0.29, 0.717) is 31.4 Å². The lowest BCUT2D eigenvalue weighted by Gasteiger charge is -2.28. The first kappa shape index (κ1) is 27.7. The second-order valence-electron chi connectivity index (χ2n) is 8.94. The van der Waals surface area contributed by atoms with Crippen LogP contribution in [0.4, 0.5) is 0 Å². The third kappa shape index (κ3) is 7.76. The molecule has 1 heterocycles.